The molecule has 1 fully saturated rings. The lowest BCUT2D eigenvalue weighted by Crippen LogP contribution is -2.34. The highest BCUT2D eigenvalue weighted by atomic mass is 35.5. The Morgan fingerprint density at radius 2 is 1.56 bits per heavy atom. The predicted octanol–water partition coefficient (Wildman–Crippen LogP) is 7.52. The molecule has 1 aliphatic heterocycles. The minimum atomic E-state index is -0.200. The van der Waals surface area contributed by atoms with Crippen LogP contribution in [0.4, 0.5) is 5.82 Å². The van der Waals surface area contributed by atoms with Crippen LogP contribution in [0.1, 0.15) is 26.6 Å². The molecule has 0 spiro atoms. The predicted molar refractivity (Wildman–Crippen MR) is 146 cm³/mol. The highest BCUT2D eigenvalue weighted by Crippen LogP contribution is 2.39. The van der Waals surface area contributed by atoms with E-state index in [9.17, 15) is 0 Å². The summed E-state index contributed by atoms with van der Waals surface area (Å²) in [6, 6.07) is 17.8. The third-order valence-corrected chi connectivity index (χ3v) is 7.46. The third-order valence-electron chi connectivity index (χ3n) is 5.93. The van der Waals surface area contributed by atoms with E-state index in [1.165, 1.54) is 0 Å². The SMILES string of the molecule is CC(C)(C)c1nc(N2CCSCC2)c2cc(-c3ccc(Cl)cc3)c(-c3ccccc3Cl)nc2n1. The van der Waals surface area contributed by atoms with E-state index in [2.05, 4.69) is 31.7 Å². The Bertz CT molecular complexity index is 1340. The first-order valence-electron chi connectivity index (χ1n) is 11.4. The van der Waals surface area contributed by atoms with Crippen LogP contribution in [-0.2, 0) is 5.41 Å². The summed E-state index contributed by atoms with van der Waals surface area (Å²) in [5.41, 5.74) is 4.18. The molecule has 4 aromatic rings. The minimum Gasteiger partial charge on any atom is -0.354 e. The lowest BCUT2D eigenvalue weighted by molar-refractivity contribution is 0.547. The van der Waals surface area contributed by atoms with Crippen molar-refractivity contribution in [2.45, 2.75) is 26.2 Å². The molecule has 0 N–H and O–H groups in total. The van der Waals surface area contributed by atoms with Gasteiger partial charge in [0.1, 0.15) is 11.6 Å². The molecule has 0 atom stereocenters. The van der Waals surface area contributed by atoms with E-state index in [-0.39, 0.29) is 5.41 Å². The van der Waals surface area contributed by atoms with Crippen molar-refractivity contribution in [2.24, 2.45) is 0 Å². The Balaban J connectivity index is 1.83. The second kappa shape index (κ2) is 9.37. The fourth-order valence-electron chi connectivity index (χ4n) is 4.10. The van der Waals surface area contributed by atoms with Crippen LogP contribution in [0.2, 0.25) is 10.0 Å². The van der Waals surface area contributed by atoms with Gasteiger partial charge < -0.3 is 4.90 Å². The van der Waals surface area contributed by atoms with Crippen LogP contribution in [0.5, 0.6) is 0 Å². The maximum absolute atomic E-state index is 6.65. The molecule has 2 aromatic carbocycles. The van der Waals surface area contributed by atoms with Gasteiger partial charge in [-0.2, -0.15) is 11.8 Å². The van der Waals surface area contributed by atoms with E-state index in [1.807, 2.05) is 60.3 Å². The second-order valence-corrected chi connectivity index (χ2v) is 11.5. The van der Waals surface area contributed by atoms with Crippen LogP contribution in [0.25, 0.3) is 33.4 Å². The summed E-state index contributed by atoms with van der Waals surface area (Å²) < 4.78 is 0. The Morgan fingerprint density at radius 3 is 2.24 bits per heavy atom. The molecule has 4 nitrogen and oxygen atoms in total. The molecule has 0 amide bonds. The first-order chi connectivity index (χ1) is 16.3. The number of fused-ring (bicyclic) bond motifs is 1. The number of thioether (sulfide) groups is 1. The lowest BCUT2D eigenvalue weighted by Gasteiger charge is -2.30. The van der Waals surface area contributed by atoms with Crippen LogP contribution >= 0.6 is 35.0 Å². The summed E-state index contributed by atoms with van der Waals surface area (Å²) in [5, 5.41) is 2.31. The maximum Gasteiger partial charge on any atom is 0.165 e. The molecular weight excluding hydrogens is 483 g/mol. The van der Waals surface area contributed by atoms with Crippen molar-refractivity contribution in [3.63, 3.8) is 0 Å². The van der Waals surface area contributed by atoms with E-state index in [0.29, 0.717) is 15.7 Å². The van der Waals surface area contributed by atoms with Crippen molar-refractivity contribution in [1.29, 1.82) is 0 Å². The van der Waals surface area contributed by atoms with Crippen LogP contribution in [0.3, 0.4) is 0 Å². The fraction of sp³-hybridized carbons (Fsp3) is 0.296. The number of anilines is 1. The van der Waals surface area contributed by atoms with Crippen LogP contribution in [0, 0.1) is 0 Å². The van der Waals surface area contributed by atoms with Crippen molar-refractivity contribution in [2.75, 3.05) is 29.5 Å². The summed E-state index contributed by atoms with van der Waals surface area (Å²) in [6.45, 7) is 8.34. The summed E-state index contributed by atoms with van der Waals surface area (Å²) >= 11 is 14.8. The van der Waals surface area contributed by atoms with Gasteiger partial charge in [-0.25, -0.2) is 15.0 Å². The average molecular weight is 510 g/mol. The molecule has 0 aliphatic carbocycles. The van der Waals surface area contributed by atoms with Gasteiger partial charge in [-0.3, -0.25) is 0 Å². The van der Waals surface area contributed by atoms with Crippen molar-refractivity contribution < 1.29 is 0 Å². The monoisotopic (exact) mass is 508 g/mol. The number of hydrogen-bond donors (Lipinski definition) is 0. The molecule has 0 saturated carbocycles. The molecule has 2 aromatic heterocycles. The normalized spacial score (nSPS) is 14.6. The number of nitrogens with zero attached hydrogens (tertiary/aromatic N) is 4. The smallest absolute Gasteiger partial charge is 0.165 e. The van der Waals surface area contributed by atoms with Gasteiger partial charge >= 0.3 is 0 Å². The van der Waals surface area contributed by atoms with Crippen LogP contribution < -0.4 is 4.90 Å². The topological polar surface area (TPSA) is 41.9 Å². The largest absolute Gasteiger partial charge is 0.354 e. The second-order valence-electron chi connectivity index (χ2n) is 9.46. The van der Waals surface area contributed by atoms with E-state index in [0.717, 1.165) is 64.0 Å². The zero-order chi connectivity index (χ0) is 23.9. The number of aromatic nitrogens is 3. The molecular formula is C27H26Cl2N4S. The first-order valence-corrected chi connectivity index (χ1v) is 13.3. The minimum absolute atomic E-state index is 0.200. The standard InChI is InChI=1S/C27H26Cl2N4S/c1-27(2,3)26-31-24-21(25(32-26)33-12-14-34-15-13-33)16-20(17-8-10-18(28)11-9-17)23(30-24)19-6-4-5-7-22(19)29/h4-11,16H,12-15H2,1-3H3. The average Bonchev–Trinajstić information content (AvgIpc) is 2.83. The Kier molecular flexibility index (Phi) is 6.45. The number of benzene rings is 2. The molecule has 5 rings (SSSR count). The lowest BCUT2D eigenvalue weighted by atomic mass is 9.95. The Hall–Kier alpha value is -2.34. The molecule has 0 unspecified atom stereocenters. The highest BCUT2D eigenvalue weighted by molar-refractivity contribution is 7.99. The Labute approximate surface area is 214 Å². The number of pyridine rings is 1. The first kappa shape index (κ1) is 23.4. The van der Waals surface area contributed by atoms with Crippen LogP contribution in [-0.4, -0.2) is 39.5 Å². The van der Waals surface area contributed by atoms with Gasteiger partial charge in [0, 0.05) is 51.2 Å². The van der Waals surface area contributed by atoms with Gasteiger partial charge in [0.2, 0.25) is 0 Å². The molecule has 7 heteroatoms. The fourth-order valence-corrected chi connectivity index (χ4v) is 5.35. The number of rotatable bonds is 3. The van der Waals surface area contributed by atoms with Crippen molar-refractivity contribution in [3.05, 3.63) is 70.5 Å². The molecule has 3 heterocycles. The highest BCUT2D eigenvalue weighted by Gasteiger charge is 2.25. The zero-order valence-electron chi connectivity index (χ0n) is 19.5. The summed E-state index contributed by atoms with van der Waals surface area (Å²) in [6.07, 6.45) is 0. The van der Waals surface area contributed by atoms with Crippen molar-refractivity contribution in [1.82, 2.24) is 15.0 Å². The molecule has 34 heavy (non-hydrogen) atoms. The van der Waals surface area contributed by atoms with E-state index < -0.39 is 0 Å². The molecule has 0 radical (unpaired) electrons. The summed E-state index contributed by atoms with van der Waals surface area (Å²) in [5.74, 6) is 3.94. The van der Waals surface area contributed by atoms with Crippen molar-refractivity contribution in [3.8, 4) is 22.4 Å². The molecule has 1 aliphatic rings. The van der Waals surface area contributed by atoms with E-state index in [1.54, 1.807) is 0 Å². The maximum atomic E-state index is 6.65. The zero-order valence-corrected chi connectivity index (χ0v) is 21.8. The third kappa shape index (κ3) is 4.61. The van der Waals surface area contributed by atoms with Gasteiger partial charge in [0.25, 0.3) is 0 Å². The van der Waals surface area contributed by atoms with Crippen molar-refractivity contribution >= 4 is 51.8 Å². The number of hydrogen-bond acceptors (Lipinski definition) is 5. The van der Waals surface area contributed by atoms with Gasteiger partial charge in [-0.15, -0.1) is 0 Å². The molecule has 174 valence electrons. The molecule has 0 bridgehead atoms. The summed E-state index contributed by atoms with van der Waals surface area (Å²) in [7, 11) is 0. The van der Waals surface area contributed by atoms with Crippen LogP contribution in [0.15, 0.2) is 54.6 Å². The van der Waals surface area contributed by atoms with Gasteiger partial charge in [-0.1, -0.05) is 74.3 Å². The van der Waals surface area contributed by atoms with Gasteiger partial charge in [-0.05, 0) is 29.8 Å². The Morgan fingerprint density at radius 1 is 0.853 bits per heavy atom. The number of halogens is 2. The van der Waals surface area contributed by atoms with E-state index in [4.69, 9.17) is 38.2 Å². The quantitative estimate of drug-likeness (QED) is 0.286. The summed E-state index contributed by atoms with van der Waals surface area (Å²) in [4.78, 5) is 17.5. The van der Waals surface area contributed by atoms with Gasteiger partial charge in [0.05, 0.1) is 11.1 Å². The van der Waals surface area contributed by atoms with Gasteiger partial charge in [0.15, 0.2) is 5.65 Å². The molecule has 1 saturated heterocycles. The van der Waals surface area contributed by atoms with E-state index >= 15 is 0 Å².